The Balaban J connectivity index is 1.84. The molecule has 4 unspecified atom stereocenters. The van der Waals surface area contributed by atoms with E-state index in [2.05, 4.69) is 6.58 Å². The van der Waals surface area contributed by atoms with Crippen LogP contribution in [0, 0.1) is 34.0 Å². The number of ether oxygens (including phenoxy) is 5. The first-order valence-electron chi connectivity index (χ1n) is 18.6. The number of rotatable bonds is 9. The lowest BCUT2D eigenvalue weighted by Gasteiger charge is -2.70. The Morgan fingerprint density at radius 2 is 1.65 bits per heavy atom. The summed E-state index contributed by atoms with van der Waals surface area (Å²) >= 11 is 0. The van der Waals surface area contributed by atoms with Crippen molar-refractivity contribution in [1.82, 2.24) is 0 Å². The van der Waals surface area contributed by atoms with E-state index in [1.165, 1.54) is 33.8 Å². The maximum Gasteiger partial charge on any atom is 0.330 e. The summed E-state index contributed by atoms with van der Waals surface area (Å²) in [5, 5.41) is 13.2. The van der Waals surface area contributed by atoms with Gasteiger partial charge in [-0.2, -0.15) is 0 Å². The minimum atomic E-state index is -1.58. The molecule has 0 spiro atoms. The second kappa shape index (κ2) is 15.0. The predicted molar refractivity (Wildman–Crippen MR) is 199 cm³/mol. The van der Waals surface area contributed by atoms with Crippen molar-refractivity contribution in [2.24, 2.45) is 34.0 Å². The molecule has 0 amide bonds. The van der Waals surface area contributed by atoms with Gasteiger partial charge in [-0.1, -0.05) is 50.3 Å². The summed E-state index contributed by atoms with van der Waals surface area (Å²) in [5.74, 6) is -5.23. The van der Waals surface area contributed by atoms with Crippen molar-refractivity contribution in [3.05, 3.63) is 77.9 Å². The molecule has 292 valence electrons. The maximum absolute atomic E-state index is 13.2. The van der Waals surface area contributed by atoms with E-state index in [0.29, 0.717) is 24.8 Å². The number of hydrogen-bond donors (Lipinski definition) is 1. The first-order valence-corrected chi connectivity index (χ1v) is 18.6. The number of fused-ring (bicyclic) bond motifs is 5. The Morgan fingerprint density at radius 1 is 1.00 bits per heavy atom. The molecule has 1 N–H and O–H groups in total. The van der Waals surface area contributed by atoms with Crippen LogP contribution in [-0.4, -0.2) is 71.6 Å². The fourth-order valence-electron chi connectivity index (χ4n) is 10.9. The lowest BCUT2D eigenvalue weighted by molar-refractivity contribution is -0.301. The van der Waals surface area contributed by atoms with E-state index in [4.69, 9.17) is 23.7 Å². The molecule has 54 heavy (non-hydrogen) atoms. The van der Waals surface area contributed by atoms with Crippen molar-refractivity contribution < 1.29 is 52.8 Å². The van der Waals surface area contributed by atoms with E-state index >= 15 is 0 Å². The lowest BCUT2D eigenvalue weighted by Crippen LogP contribution is -2.76. The Labute approximate surface area is 317 Å². The highest BCUT2D eigenvalue weighted by Crippen LogP contribution is 2.72. The van der Waals surface area contributed by atoms with E-state index in [1.54, 1.807) is 19.1 Å². The number of esters is 5. The van der Waals surface area contributed by atoms with Gasteiger partial charge in [0.15, 0.2) is 6.10 Å². The molecular weight excluding hydrogens is 692 g/mol. The molecular formula is C43H54O11. The van der Waals surface area contributed by atoms with Gasteiger partial charge in [-0.25, -0.2) is 4.79 Å². The summed E-state index contributed by atoms with van der Waals surface area (Å²) in [6.45, 7) is 18.0. The number of hydrogen-bond acceptors (Lipinski definition) is 11. The molecule has 3 aliphatic carbocycles. The molecule has 0 radical (unpaired) electrons. The largest absolute Gasteiger partial charge is 0.462 e. The third kappa shape index (κ3) is 6.73. The van der Waals surface area contributed by atoms with Crippen molar-refractivity contribution >= 4 is 35.4 Å². The summed E-state index contributed by atoms with van der Waals surface area (Å²) in [7, 11) is 0. The highest BCUT2D eigenvalue weighted by molar-refractivity contribution is 5.82. The van der Waals surface area contributed by atoms with Gasteiger partial charge in [0.05, 0.1) is 5.41 Å². The van der Waals surface area contributed by atoms with Crippen LogP contribution in [0.25, 0.3) is 5.57 Å². The van der Waals surface area contributed by atoms with Crippen LogP contribution >= 0.6 is 0 Å². The molecule has 2 saturated carbocycles. The van der Waals surface area contributed by atoms with Crippen molar-refractivity contribution in [1.29, 1.82) is 0 Å². The minimum absolute atomic E-state index is 0.321. The summed E-state index contributed by atoms with van der Waals surface area (Å²) in [5.41, 5.74) is -1.70. The smallest absolute Gasteiger partial charge is 0.330 e. The summed E-state index contributed by atoms with van der Waals surface area (Å²) < 4.78 is 30.3. The monoisotopic (exact) mass is 746 g/mol. The Hall–Kier alpha value is -4.51. The molecule has 1 heterocycles. The van der Waals surface area contributed by atoms with Crippen molar-refractivity contribution in [3.8, 4) is 0 Å². The van der Waals surface area contributed by atoms with Crippen molar-refractivity contribution in [2.75, 3.05) is 6.61 Å². The van der Waals surface area contributed by atoms with E-state index in [1.807, 2.05) is 64.1 Å². The van der Waals surface area contributed by atoms with Gasteiger partial charge in [0.1, 0.15) is 30.5 Å². The lowest BCUT2D eigenvalue weighted by atomic mass is 9.36. The van der Waals surface area contributed by atoms with Gasteiger partial charge in [-0.05, 0) is 85.8 Å². The quantitative estimate of drug-likeness (QED) is 0.179. The number of carbonyl (C=O) groups is 5. The topological polar surface area (TPSA) is 152 Å². The molecule has 0 saturated heterocycles. The van der Waals surface area contributed by atoms with Crippen molar-refractivity contribution in [3.63, 3.8) is 0 Å². The Morgan fingerprint density at radius 3 is 2.26 bits per heavy atom. The van der Waals surface area contributed by atoms with Crippen LogP contribution in [-0.2, 0) is 54.1 Å². The molecule has 5 rings (SSSR count). The third-order valence-corrected chi connectivity index (χ3v) is 12.8. The van der Waals surface area contributed by atoms with E-state index < -0.39 is 93.9 Å². The zero-order valence-electron chi connectivity index (χ0n) is 32.8. The standard InChI is InChI=1S/C43H54O11/c1-11-14-31-15-12-13-16-32(31)24(2)22-43(49)25(3)21-35(52-28(6)45)41(10)34(43)19-20-40(9)33-17-18-36(48)50-23-42(33,26(4)51-27(5)44)39(54-30(8)47)37(38(40)41)53-29(7)46/h11-13,15-18,21-22,26,33-35,37-39,49H,1,14,19-20,23H2,2-10H3/b24-22-/t26?,33?,34?,35-,37+,38?,39+,40+,41-,42-,43+/m1/s1. The predicted octanol–water partition coefficient (Wildman–Crippen LogP) is 6.02. The van der Waals surface area contributed by atoms with Crippen LogP contribution < -0.4 is 0 Å². The van der Waals surface area contributed by atoms with Crippen LogP contribution in [0.2, 0.25) is 0 Å². The fourth-order valence-corrected chi connectivity index (χ4v) is 10.9. The normalized spacial score (nSPS) is 36.4. The summed E-state index contributed by atoms with van der Waals surface area (Å²) in [4.78, 5) is 64.9. The molecule has 2 fully saturated rings. The number of cyclic esters (lactones) is 1. The number of allylic oxidation sites excluding steroid dienone is 3. The van der Waals surface area contributed by atoms with E-state index in [-0.39, 0.29) is 6.61 Å². The highest BCUT2D eigenvalue weighted by atomic mass is 16.6. The molecule has 11 heteroatoms. The van der Waals surface area contributed by atoms with Gasteiger partial charge in [-0.3, -0.25) is 19.2 Å². The molecule has 11 nitrogen and oxygen atoms in total. The first kappa shape index (κ1) is 40.7. The van der Waals surface area contributed by atoms with Crippen LogP contribution in [0.5, 0.6) is 0 Å². The van der Waals surface area contributed by atoms with Gasteiger partial charge < -0.3 is 28.8 Å². The van der Waals surface area contributed by atoms with Gasteiger partial charge in [0.2, 0.25) is 0 Å². The van der Waals surface area contributed by atoms with Gasteiger partial charge in [-0.15, -0.1) is 6.58 Å². The molecule has 1 aromatic carbocycles. The average Bonchev–Trinajstić information content (AvgIpc) is 3.25. The zero-order chi connectivity index (χ0) is 40.0. The number of benzene rings is 1. The Kier molecular flexibility index (Phi) is 11.3. The molecule has 4 aliphatic rings. The molecule has 1 aromatic rings. The first-order chi connectivity index (χ1) is 25.3. The van der Waals surface area contributed by atoms with Crippen molar-refractivity contribution in [2.45, 2.75) is 112 Å². The van der Waals surface area contributed by atoms with Gasteiger partial charge >= 0.3 is 29.8 Å². The highest BCUT2D eigenvalue weighted by Gasteiger charge is 2.76. The van der Waals surface area contributed by atoms with Gasteiger partial charge in [0.25, 0.3) is 0 Å². The Bertz CT molecular complexity index is 1810. The second-order valence-corrected chi connectivity index (χ2v) is 16.0. The summed E-state index contributed by atoms with van der Waals surface area (Å²) in [6.07, 6.45) is 5.50. The molecule has 1 aliphatic heterocycles. The second-order valence-electron chi connectivity index (χ2n) is 16.0. The zero-order valence-corrected chi connectivity index (χ0v) is 32.8. The van der Waals surface area contributed by atoms with E-state index in [9.17, 15) is 29.1 Å². The molecule has 0 aromatic heterocycles. The van der Waals surface area contributed by atoms with E-state index in [0.717, 1.165) is 16.7 Å². The van der Waals surface area contributed by atoms with Gasteiger partial charge in [0, 0.05) is 51.0 Å². The van der Waals surface area contributed by atoms with Crippen LogP contribution in [0.3, 0.4) is 0 Å². The minimum Gasteiger partial charge on any atom is -0.462 e. The number of aliphatic hydroxyl groups is 1. The average molecular weight is 747 g/mol. The van der Waals surface area contributed by atoms with Crippen LogP contribution in [0.1, 0.15) is 86.3 Å². The fraction of sp³-hybridized carbons (Fsp3) is 0.558. The van der Waals surface area contributed by atoms with Crippen LogP contribution in [0.15, 0.2) is 66.8 Å². The molecule has 11 atom stereocenters. The molecule has 0 bridgehead atoms. The third-order valence-electron chi connectivity index (χ3n) is 12.8. The summed E-state index contributed by atoms with van der Waals surface area (Å²) in [6, 6.07) is 7.92. The SMILES string of the molecule is C=CCc1ccccc1/C(C)=C\[C@]1(O)C(C)=C[C@@H](OC(C)=O)[C@]2(C)C3[C@H](OC(C)=O)[C@H](OC(C)=O)[C@@]4(C(C)OC(C)=O)COC(=O)C=CC4[C@]3(C)CCC21. The van der Waals surface area contributed by atoms with Crippen LogP contribution in [0.4, 0.5) is 0 Å². The number of carbonyl (C=O) groups excluding carboxylic acids is 5. The maximum atomic E-state index is 13.2.